The Bertz CT molecular complexity index is 377. The third-order valence-electron chi connectivity index (χ3n) is 3.30. The van der Waals surface area contributed by atoms with Gasteiger partial charge in [-0.15, -0.1) is 0 Å². The molecule has 0 aliphatic heterocycles. The van der Waals surface area contributed by atoms with Gasteiger partial charge in [-0.05, 0) is 44.4 Å². The van der Waals surface area contributed by atoms with E-state index < -0.39 is 0 Å². The molecule has 0 aromatic heterocycles. The average Bonchev–Trinajstić information content (AvgIpc) is 2.33. The van der Waals surface area contributed by atoms with E-state index in [0.717, 1.165) is 19.3 Å². The minimum absolute atomic E-state index is 0.251. The first-order chi connectivity index (χ1) is 8.81. The second-order valence-electron chi connectivity index (χ2n) is 4.60. The Balaban J connectivity index is 1.94. The van der Waals surface area contributed by atoms with Gasteiger partial charge in [0.05, 0.1) is 0 Å². The second-order valence-corrected chi connectivity index (χ2v) is 4.60. The zero-order valence-corrected chi connectivity index (χ0v) is 10.5. The van der Waals surface area contributed by atoms with Gasteiger partial charge in [0.25, 0.3) is 0 Å². The zero-order chi connectivity index (χ0) is 12.8. The fraction of sp³-hybridized carbons (Fsp3) is 0.500. The Hall–Kier alpha value is -1.55. The highest BCUT2D eigenvalue weighted by Gasteiger charge is 2.29. The number of amides is 1. The lowest BCUT2D eigenvalue weighted by Crippen LogP contribution is -2.46. The summed E-state index contributed by atoms with van der Waals surface area (Å²) in [7, 11) is 0. The summed E-state index contributed by atoms with van der Waals surface area (Å²) in [4.78, 5) is 13.9. The minimum atomic E-state index is -0.251. The maximum Gasteiger partial charge on any atom is 0.415 e. The highest BCUT2D eigenvalue weighted by Crippen LogP contribution is 2.26. The van der Waals surface area contributed by atoms with E-state index in [-0.39, 0.29) is 6.09 Å². The summed E-state index contributed by atoms with van der Waals surface area (Å²) in [5, 5.41) is 0. The van der Waals surface area contributed by atoms with Gasteiger partial charge in [0.1, 0.15) is 5.75 Å². The molecule has 0 heterocycles. The monoisotopic (exact) mass is 248 g/mol. The molecule has 0 bridgehead atoms. The minimum Gasteiger partial charge on any atom is -0.410 e. The van der Waals surface area contributed by atoms with Gasteiger partial charge in [0.15, 0.2) is 0 Å². The number of rotatable bonds is 5. The summed E-state index contributed by atoms with van der Waals surface area (Å²) >= 11 is 0. The van der Waals surface area contributed by atoms with Crippen LogP contribution in [-0.4, -0.2) is 30.1 Å². The van der Waals surface area contributed by atoms with E-state index in [4.69, 9.17) is 10.5 Å². The lowest BCUT2D eigenvalue weighted by molar-refractivity contribution is 0.103. The predicted octanol–water partition coefficient (Wildman–Crippen LogP) is 2.39. The van der Waals surface area contributed by atoms with Crippen molar-refractivity contribution in [1.82, 2.24) is 4.90 Å². The smallest absolute Gasteiger partial charge is 0.410 e. The molecular weight excluding hydrogens is 228 g/mol. The lowest BCUT2D eigenvalue weighted by atomic mass is 9.91. The maximum absolute atomic E-state index is 12.1. The molecule has 2 rings (SSSR count). The molecule has 4 nitrogen and oxygen atoms in total. The molecule has 1 saturated carbocycles. The molecule has 18 heavy (non-hydrogen) atoms. The van der Waals surface area contributed by atoms with Crippen LogP contribution in [0.3, 0.4) is 0 Å². The van der Waals surface area contributed by atoms with Crippen molar-refractivity contribution in [3.63, 3.8) is 0 Å². The number of nitrogens with zero attached hydrogens (tertiary/aromatic N) is 1. The van der Waals surface area contributed by atoms with Crippen molar-refractivity contribution in [3.8, 4) is 5.75 Å². The van der Waals surface area contributed by atoms with Crippen LogP contribution in [0, 0.1) is 0 Å². The molecule has 0 unspecified atom stereocenters. The number of ether oxygens (including phenoxy) is 1. The van der Waals surface area contributed by atoms with Gasteiger partial charge in [-0.25, -0.2) is 4.79 Å². The van der Waals surface area contributed by atoms with Crippen molar-refractivity contribution in [2.75, 3.05) is 13.1 Å². The van der Waals surface area contributed by atoms with E-state index in [1.807, 2.05) is 23.1 Å². The number of carbonyl (C=O) groups excluding carboxylic acids is 1. The number of nitrogens with two attached hydrogens (primary N) is 1. The standard InChI is InChI=1S/C14H20N2O2/c15-10-5-11-16(12-6-4-7-12)14(17)18-13-8-2-1-3-9-13/h1-3,8-9,12H,4-7,10-11,15H2. The van der Waals surface area contributed by atoms with Gasteiger partial charge >= 0.3 is 6.09 Å². The molecule has 1 aromatic rings. The van der Waals surface area contributed by atoms with Gasteiger partial charge in [0.2, 0.25) is 0 Å². The van der Waals surface area contributed by atoms with Crippen molar-refractivity contribution in [2.24, 2.45) is 5.73 Å². The summed E-state index contributed by atoms with van der Waals surface area (Å²) in [5.74, 6) is 0.597. The van der Waals surface area contributed by atoms with Crippen LogP contribution in [0.2, 0.25) is 0 Å². The number of hydrogen-bond donors (Lipinski definition) is 1. The van der Waals surface area contributed by atoms with Crippen LogP contribution in [0.15, 0.2) is 30.3 Å². The van der Waals surface area contributed by atoms with Gasteiger partial charge < -0.3 is 15.4 Å². The first-order valence-electron chi connectivity index (χ1n) is 6.55. The van der Waals surface area contributed by atoms with Crippen molar-refractivity contribution in [2.45, 2.75) is 31.7 Å². The topological polar surface area (TPSA) is 55.6 Å². The summed E-state index contributed by atoms with van der Waals surface area (Å²) in [6, 6.07) is 9.54. The Morgan fingerprint density at radius 1 is 1.33 bits per heavy atom. The van der Waals surface area contributed by atoms with Crippen molar-refractivity contribution >= 4 is 6.09 Å². The Morgan fingerprint density at radius 3 is 2.61 bits per heavy atom. The van der Waals surface area contributed by atoms with Crippen molar-refractivity contribution in [1.29, 1.82) is 0 Å². The number of para-hydroxylation sites is 1. The number of carbonyl (C=O) groups is 1. The van der Waals surface area contributed by atoms with Crippen molar-refractivity contribution < 1.29 is 9.53 Å². The first-order valence-corrected chi connectivity index (χ1v) is 6.55. The van der Waals surface area contributed by atoms with E-state index in [0.29, 0.717) is 24.9 Å². The Labute approximate surface area is 108 Å². The normalized spacial score (nSPS) is 14.9. The Morgan fingerprint density at radius 2 is 2.06 bits per heavy atom. The third-order valence-corrected chi connectivity index (χ3v) is 3.30. The van der Waals surface area contributed by atoms with E-state index in [9.17, 15) is 4.79 Å². The van der Waals surface area contributed by atoms with Gasteiger partial charge in [-0.1, -0.05) is 18.2 Å². The molecule has 0 radical (unpaired) electrons. The molecule has 0 atom stereocenters. The fourth-order valence-electron chi connectivity index (χ4n) is 2.03. The number of benzene rings is 1. The van der Waals surface area contributed by atoms with Crippen molar-refractivity contribution in [3.05, 3.63) is 30.3 Å². The highest BCUT2D eigenvalue weighted by atomic mass is 16.6. The van der Waals surface area contributed by atoms with Gasteiger partial charge in [0, 0.05) is 12.6 Å². The van der Waals surface area contributed by atoms with E-state index in [1.54, 1.807) is 12.1 Å². The Kier molecular flexibility index (Phi) is 4.59. The molecule has 0 spiro atoms. The molecule has 1 aromatic carbocycles. The molecule has 1 aliphatic rings. The van der Waals surface area contributed by atoms with E-state index >= 15 is 0 Å². The summed E-state index contributed by atoms with van der Waals surface area (Å²) in [6.45, 7) is 1.29. The highest BCUT2D eigenvalue weighted by molar-refractivity contribution is 5.71. The van der Waals surface area contributed by atoms with Crippen LogP contribution >= 0.6 is 0 Å². The van der Waals surface area contributed by atoms with Crippen LogP contribution in [0.4, 0.5) is 4.79 Å². The fourth-order valence-corrected chi connectivity index (χ4v) is 2.03. The van der Waals surface area contributed by atoms with Crippen LogP contribution in [0.1, 0.15) is 25.7 Å². The second kappa shape index (κ2) is 6.40. The van der Waals surface area contributed by atoms with Crippen LogP contribution in [-0.2, 0) is 0 Å². The SMILES string of the molecule is NCCCN(C(=O)Oc1ccccc1)C1CCC1. The largest absolute Gasteiger partial charge is 0.415 e. The summed E-state index contributed by atoms with van der Waals surface area (Å²) in [5.41, 5.74) is 5.51. The molecule has 1 amide bonds. The van der Waals surface area contributed by atoms with E-state index in [2.05, 4.69) is 0 Å². The van der Waals surface area contributed by atoms with Crippen LogP contribution in [0.25, 0.3) is 0 Å². The van der Waals surface area contributed by atoms with Crippen LogP contribution in [0.5, 0.6) is 5.75 Å². The predicted molar refractivity (Wildman–Crippen MR) is 70.5 cm³/mol. The molecule has 98 valence electrons. The molecular formula is C14H20N2O2. The van der Waals surface area contributed by atoms with E-state index in [1.165, 1.54) is 6.42 Å². The third kappa shape index (κ3) is 3.23. The van der Waals surface area contributed by atoms with Crippen LogP contribution < -0.4 is 10.5 Å². The number of hydrogen-bond acceptors (Lipinski definition) is 3. The summed E-state index contributed by atoms with van der Waals surface area (Å²) in [6.07, 6.45) is 3.92. The molecule has 0 saturated heterocycles. The van der Waals surface area contributed by atoms with Gasteiger partial charge in [-0.2, -0.15) is 0 Å². The maximum atomic E-state index is 12.1. The van der Waals surface area contributed by atoms with Gasteiger partial charge in [-0.3, -0.25) is 0 Å². The lowest BCUT2D eigenvalue weighted by Gasteiger charge is -2.36. The first kappa shape index (κ1) is 12.9. The molecule has 4 heteroatoms. The zero-order valence-electron chi connectivity index (χ0n) is 10.5. The molecule has 1 fully saturated rings. The average molecular weight is 248 g/mol. The quantitative estimate of drug-likeness (QED) is 0.870. The molecule has 1 aliphatic carbocycles. The summed E-state index contributed by atoms with van der Waals surface area (Å²) < 4.78 is 5.38. The molecule has 2 N–H and O–H groups in total.